The topological polar surface area (TPSA) is 42.1 Å². The fourth-order valence-electron chi connectivity index (χ4n) is 2.47. The number of aromatic nitrogens is 1. The Morgan fingerprint density at radius 1 is 1.44 bits per heavy atom. The molecule has 16 heavy (non-hydrogen) atoms. The molecule has 88 valence electrons. The molecule has 1 fully saturated rings. The van der Waals surface area contributed by atoms with Gasteiger partial charge in [0.15, 0.2) is 0 Å². The molecule has 1 saturated carbocycles. The molecular formula is C13H21N3. The summed E-state index contributed by atoms with van der Waals surface area (Å²) < 4.78 is 0. The lowest BCUT2D eigenvalue weighted by Crippen LogP contribution is -2.47. The molecule has 2 rings (SSSR count). The predicted octanol–water partition coefficient (Wildman–Crippen LogP) is 1.56. The van der Waals surface area contributed by atoms with Gasteiger partial charge in [-0.3, -0.25) is 9.88 Å². The lowest BCUT2D eigenvalue weighted by molar-refractivity contribution is 0.0827. The average Bonchev–Trinajstić information content (AvgIpc) is 2.16. The number of pyridine rings is 1. The van der Waals surface area contributed by atoms with E-state index < -0.39 is 0 Å². The van der Waals surface area contributed by atoms with Crippen LogP contribution in [-0.4, -0.2) is 29.5 Å². The van der Waals surface area contributed by atoms with E-state index in [1.807, 2.05) is 13.0 Å². The van der Waals surface area contributed by atoms with Crippen molar-refractivity contribution >= 4 is 0 Å². The van der Waals surface area contributed by atoms with Gasteiger partial charge in [0.25, 0.3) is 0 Å². The van der Waals surface area contributed by atoms with Gasteiger partial charge in [-0.15, -0.1) is 0 Å². The van der Waals surface area contributed by atoms with Crippen molar-refractivity contribution in [3.8, 4) is 0 Å². The lowest BCUT2D eigenvalue weighted by Gasteiger charge is -2.42. The van der Waals surface area contributed by atoms with Gasteiger partial charge in [0.1, 0.15) is 0 Å². The van der Waals surface area contributed by atoms with Gasteiger partial charge in [-0.25, -0.2) is 0 Å². The largest absolute Gasteiger partial charge is 0.330 e. The first-order valence-corrected chi connectivity index (χ1v) is 6.03. The molecule has 0 bridgehead atoms. The fourth-order valence-corrected chi connectivity index (χ4v) is 2.47. The van der Waals surface area contributed by atoms with Gasteiger partial charge in [-0.1, -0.05) is 6.07 Å². The van der Waals surface area contributed by atoms with Crippen molar-refractivity contribution in [2.45, 2.75) is 32.4 Å². The molecule has 0 aliphatic heterocycles. The van der Waals surface area contributed by atoms with Crippen molar-refractivity contribution in [1.29, 1.82) is 0 Å². The molecule has 2 atom stereocenters. The van der Waals surface area contributed by atoms with Gasteiger partial charge < -0.3 is 5.73 Å². The van der Waals surface area contributed by atoms with Crippen molar-refractivity contribution in [2.24, 2.45) is 11.7 Å². The van der Waals surface area contributed by atoms with Crippen molar-refractivity contribution in [3.63, 3.8) is 0 Å². The SMILES string of the molecule is Cc1cccc(CN(C)C2CCC2CN)n1. The zero-order valence-corrected chi connectivity index (χ0v) is 10.2. The summed E-state index contributed by atoms with van der Waals surface area (Å²) in [5.41, 5.74) is 7.99. The van der Waals surface area contributed by atoms with Gasteiger partial charge >= 0.3 is 0 Å². The summed E-state index contributed by atoms with van der Waals surface area (Å²) in [5, 5.41) is 0. The monoisotopic (exact) mass is 219 g/mol. The Hall–Kier alpha value is -0.930. The first-order chi connectivity index (χ1) is 7.70. The van der Waals surface area contributed by atoms with E-state index >= 15 is 0 Å². The molecule has 3 nitrogen and oxygen atoms in total. The minimum Gasteiger partial charge on any atom is -0.330 e. The van der Waals surface area contributed by atoms with E-state index in [9.17, 15) is 0 Å². The van der Waals surface area contributed by atoms with Crippen LogP contribution in [0.5, 0.6) is 0 Å². The molecule has 1 aromatic rings. The number of hydrogen-bond donors (Lipinski definition) is 1. The van der Waals surface area contributed by atoms with Crippen LogP contribution in [0.1, 0.15) is 24.2 Å². The normalized spacial score (nSPS) is 24.5. The van der Waals surface area contributed by atoms with Crippen molar-refractivity contribution in [1.82, 2.24) is 9.88 Å². The summed E-state index contributed by atoms with van der Waals surface area (Å²) in [6, 6.07) is 6.87. The summed E-state index contributed by atoms with van der Waals surface area (Å²) >= 11 is 0. The Bertz CT molecular complexity index is 349. The van der Waals surface area contributed by atoms with Crippen molar-refractivity contribution < 1.29 is 0 Å². The van der Waals surface area contributed by atoms with Crippen LogP contribution in [0.4, 0.5) is 0 Å². The van der Waals surface area contributed by atoms with Crippen LogP contribution in [0.25, 0.3) is 0 Å². The van der Waals surface area contributed by atoms with E-state index in [0.717, 1.165) is 24.5 Å². The molecule has 0 aromatic carbocycles. The number of nitrogens with zero attached hydrogens (tertiary/aromatic N) is 2. The highest BCUT2D eigenvalue weighted by Gasteiger charge is 2.32. The Balaban J connectivity index is 1.94. The van der Waals surface area contributed by atoms with Crippen LogP contribution in [0, 0.1) is 12.8 Å². The molecular weight excluding hydrogens is 198 g/mol. The van der Waals surface area contributed by atoms with Crippen LogP contribution < -0.4 is 5.73 Å². The van der Waals surface area contributed by atoms with E-state index in [1.54, 1.807) is 0 Å². The van der Waals surface area contributed by atoms with Crippen LogP contribution in [0.15, 0.2) is 18.2 Å². The highest BCUT2D eigenvalue weighted by molar-refractivity contribution is 5.10. The Morgan fingerprint density at radius 3 is 2.81 bits per heavy atom. The van der Waals surface area contributed by atoms with Crippen molar-refractivity contribution in [2.75, 3.05) is 13.6 Å². The third-order valence-electron chi connectivity index (χ3n) is 3.60. The Labute approximate surface area is 97.7 Å². The molecule has 0 amide bonds. The van der Waals surface area contributed by atoms with Gasteiger partial charge in [0.2, 0.25) is 0 Å². The maximum atomic E-state index is 5.74. The fraction of sp³-hybridized carbons (Fsp3) is 0.615. The number of rotatable bonds is 4. The van der Waals surface area contributed by atoms with Crippen molar-refractivity contribution in [3.05, 3.63) is 29.6 Å². The predicted molar refractivity (Wildman–Crippen MR) is 66.0 cm³/mol. The van der Waals surface area contributed by atoms with Gasteiger partial charge in [-0.05, 0) is 51.4 Å². The minimum atomic E-state index is 0.660. The summed E-state index contributed by atoms with van der Waals surface area (Å²) in [6.45, 7) is 3.79. The molecule has 1 aliphatic carbocycles. The number of hydrogen-bond acceptors (Lipinski definition) is 3. The first kappa shape index (κ1) is 11.6. The molecule has 1 aliphatic rings. The number of nitrogens with two attached hydrogens (primary N) is 1. The third-order valence-corrected chi connectivity index (χ3v) is 3.60. The van der Waals surface area contributed by atoms with Crippen LogP contribution >= 0.6 is 0 Å². The molecule has 0 saturated heterocycles. The van der Waals surface area contributed by atoms with E-state index in [1.165, 1.54) is 12.8 Å². The van der Waals surface area contributed by atoms with E-state index in [2.05, 4.69) is 29.1 Å². The molecule has 1 heterocycles. The van der Waals surface area contributed by atoms with E-state index in [-0.39, 0.29) is 0 Å². The smallest absolute Gasteiger partial charge is 0.0547 e. The molecule has 0 spiro atoms. The average molecular weight is 219 g/mol. The summed E-state index contributed by atoms with van der Waals surface area (Å²) in [5.74, 6) is 0.690. The second kappa shape index (κ2) is 4.93. The minimum absolute atomic E-state index is 0.660. The molecule has 2 unspecified atom stereocenters. The Morgan fingerprint density at radius 2 is 2.25 bits per heavy atom. The second-order valence-electron chi connectivity index (χ2n) is 4.83. The van der Waals surface area contributed by atoms with Gasteiger partial charge in [-0.2, -0.15) is 0 Å². The highest BCUT2D eigenvalue weighted by atomic mass is 15.1. The van der Waals surface area contributed by atoms with Crippen LogP contribution in [-0.2, 0) is 6.54 Å². The quantitative estimate of drug-likeness (QED) is 0.835. The van der Waals surface area contributed by atoms with Crippen LogP contribution in [0.3, 0.4) is 0 Å². The third kappa shape index (κ3) is 2.42. The summed E-state index contributed by atoms with van der Waals surface area (Å²) in [6.07, 6.45) is 2.57. The molecule has 1 aromatic heterocycles. The first-order valence-electron chi connectivity index (χ1n) is 6.03. The number of aryl methyl sites for hydroxylation is 1. The van der Waals surface area contributed by atoms with E-state index in [4.69, 9.17) is 5.73 Å². The zero-order chi connectivity index (χ0) is 11.5. The standard InChI is InChI=1S/C13H21N3/c1-10-4-3-5-12(15-10)9-16(2)13-7-6-11(13)8-14/h3-5,11,13H,6-9,14H2,1-2H3. The van der Waals surface area contributed by atoms with E-state index in [0.29, 0.717) is 12.0 Å². The maximum Gasteiger partial charge on any atom is 0.0547 e. The van der Waals surface area contributed by atoms with Gasteiger partial charge in [0, 0.05) is 18.3 Å². The van der Waals surface area contributed by atoms with Gasteiger partial charge in [0.05, 0.1) is 5.69 Å². The summed E-state index contributed by atoms with van der Waals surface area (Å²) in [4.78, 5) is 6.92. The lowest BCUT2D eigenvalue weighted by atomic mass is 9.78. The Kier molecular flexibility index (Phi) is 3.56. The second-order valence-corrected chi connectivity index (χ2v) is 4.83. The highest BCUT2D eigenvalue weighted by Crippen LogP contribution is 2.31. The maximum absolute atomic E-state index is 5.74. The zero-order valence-electron chi connectivity index (χ0n) is 10.2. The molecule has 2 N–H and O–H groups in total. The molecule has 3 heteroatoms. The molecule has 0 radical (unpaired) electrons. The van der Waals surface area contributed by atoms with Crippen LogP contribution in [0.2, 0.25) is 0 Å². The summed E-state index contributed by atoms with van der Waals surface area (Å²) in [7, 11) is 2.18.